The van der Waals surface area contributed by atoms with E-state index in [0.29, 0.717) is 6.42 Å². The molecule has 0 aromatic carbocycles. The van der Waals surface area contributed by atoms with Gasteiger partial charge in [0.05, 0.1) is 6.61 Å². The Hall–Kier alpha value is -1.55. The zero-order valence-corrected chi connectivity index (χ0v) is 19.1. The van der Waals surface area contributed by atoms with Gasteiger partial charge in [-0.25, -0.2) is 0 Å². The van der Waals surface area contributed by atoms with Gasteiger partial charge in [0, 0.05) is 12.8 Å². The van der Waals surface area contributed by atoms with Crippen LogP contribution in [0.1, 0.15) is 96.8 Å². The minimum Gasteiger partial charge on any atom is -0.466 e. The number of alkyl halides is 7. The second-order valence-electron chi connectivity index (χ2n) is 8.05. The third-order valence-corrected chi connectivity index (χ3v) is 5.00. The molecule has 11 heteroatoms. The van der Waals surface area contributed by atoms with E-state index < -0.39 is 43.0 Å². The fourth-order valence-electron chi connectivity index (χ4n) is 2.94. The van der Waals surface area contributed by atoms with Crippen molar-refractivity contribution in [3.05, 3.63) is 0 Å². The van der Waals surface area contributed by atoms with E-state index in [9.17, 15) is 40.3 Å². The summed E-state index contributed by atoms with van der Waals surface area (Å²) < 4.78 is 96.2. The molecule has 0 bridgehead atoms. The first kappa shape index (κ1) is 31.4. The molecule has 0 saturated carbocycles. The highest BCUT2D eigenvalue weighted by Gasteiger charge is 2.73. The molecular formula is C22H35F7O4. The Kier molecular flexibility index (Phi) is 15.4. The van der Waals surface area contributed by atoms with Crippen molar-refractivity contribution in [1.29, 1.82) is 0 Å². The lowest BCUT2D eigenvalue weighted by Gasteiger charge is -2.27. The first-order valence-electron chi connectivity index (χ1n) is 11.5. The monoisotopic (exact) mass is 496 g/mol. The fraction of sp³-hybridized carbons (Fsp3) is 0.909. The molecule has 0 fully saturated rings. The molecule has 0 heterocycles. The highest BCUT2D eigenvalue weighted by atomic mass is 19.4. The number of halogens is 7. The third-order valence-electron chi connectivity index (χ3n) is 5.00. The number of carbonyl (C=O) groups is 2. The summed E-state index contributed by atoms with van der Waals surface area (Å²) >= 11 is 0. The lowest BCUT2D eigenvalue weighted by Crippen LogP contribution is -2.54. The zero-order chi connectivity index (χ0) is 25.4. The molecule has 0 amide bonds. The average molecular weight is 497 g/mol. The number of carbonyl (C=O) groups excluding carboxylic acids is 2. The van der Waals surface area contributed by atoms with Crippen molar-refractivity contribution in [2.24, 2.45) is 0 Å². The van der Waals surface area contributed by atoms with Crippen LogP contribution >= 0.6 is 0 Å². The lowest BCUT2D eigenvalue weighted by molar-refractivity contribution is -0.359. The Labute approximate surface area is 190 Å². The van der Waals surface area contributed by atoms with Crippen molar-refractivity contribution >= 4 is 11.9 Å². The molecule has 0 spiro atoms. The van der Waals surface area contributed by atoms with E-state index in [4.69, 9.17) is 4.74 Å². The van der Waals surface area contributed by atoms with Crippen molar-refractivity contribution in [1.82, 2.24) is 0 Å². The van der Waals surface area contributed by atoms with Gasteiger partial charge in [-0.2, -0.15) is 30.7 Å². The Balaban J connectivity index is 3.75. The van der Waals surface area contributed by atoms with E-state index in [1.165, 1.54) is 44.9 Å². The van der Waals surface area contributed by atoms with Crippen molar-refractivity contribution in [3.8, 4) is 0 Å². The molecule has 0 aromatic heterocycles. The van der Waals surface area contributed by atoms with Crippen LogP contribution in [0.4, 0.5) is 30.7 Å². The molecule has 0 unspecified atom stereocenters. The molecule has 0 aliphatic rings. The summed E-state index contributed by atoms with van der Waals surface area (Å²) in [6.07, 6.45) is 5.03. The predicted octanol–water partition coefficient (Wildman–Crippen LogP) is 7.39. The molecular weight excluding hydrogens is 461 g/mol. The van der Waals surface area contributed by atoms with Crippen LogP contribution in [0.15, 0.2) is 0 Å². The second kappa shape index (κ2) is 16.1. The standard InChI is InChI=1S/C22H35F7O4/c1-2-3-4-5-6-7-8-9-10-11-12-16-32-18(30)14-13-15-19(31)33-17-20(23,24)21(25,26)22(27,28)29/h2-17H2,1H3. The summed E-state index contributed by atoms with van der Waals surface area (Å²) in [6.45, 7) is -0.0249. The van der Waals surface area contributed by atoms with E-state index >= 15 is 0 Å². The van der Waals surface area contributed by atoms with Gasteiger partial charge in [0.1, 0.15) is 0 Å². The number of esters is 2. The van der Waals surface area contributed by atoms with Gasteiger partial charge >= 0.3 is 30.0 Å². The minimum atomic E-state index is -6.49. The normalized spacial score (nSPS) is 12.6. The van der Waals surface area contributed by atoms with E-state index in [1.54, 1.807) is 0 Å². The molecule has 0 radical (unpaired) electrons. The number of rotatable bonds is 19. The summed E-state index contributed by atoms with van der Waals surface area (Å²) in [6, 6.07) is 0. The highest BCUT2D eigenvalue weighted by molar-refractivity contribution is 5.72. The van der Waals surface area contributed by atoms with Crippen LogP contribution in [0.3, 0.4) is 0 Å². The summed E-state index contributed by atoms with van der Waals surface area (Å²) in [5.41, 5.74) is 0. The average Bonchev–Trinajstić information content (AvgIpc) is 2.72. The maximum absolute atomic E-state index is 13.0. The summed E-state index contributed by atoms with van der Waals surface area (Å²) in [7, 11) is 0. The van der Waals surface area contributed by atoms with Crippen molar-refractivity contribution < 1.29 is 49.8 Å². The number of ether oxygens (including phenoxy) is 2. The first-order valence-corrected chi connectivity index (χ1v) is 11.5. The molecule has 0 N–H and O–H groups in total. The van der Waals surface area contributed by atoms with Crippen molar-refractivity contribution in [2.75, 3.05) is 13.2 Å². The second-order valence-corrected chi connectivity index (χ2v) is 8.05. The van der Waals surface area contributed by atoms with E-state index in [2.05, 4.69) is 11.7 Å². The zero-order valence-electron chi connectivity index (χ0n) is 19.1. The molecule has 0 atom stereocenters. The van der Waals surface area contributed by atoms with E-state index in [0.717, 1.165) is 19.3 Å². The molecule has 0 aliphatic carbocycles. The first-order chi connectivity index (χ1) is 15.3. The molecule has 0 saturated heterocycles. The van der Waals surface area contributed by atoms with Gasteiger partial charge in [0.2, 0.25) is 0 Å². The van der Waals surface area contributed by atoms with Crippen molar-refractivity contribution in [3.63, 3.8) is 0 Å². The Morgan fingerprint density at radius 2 is 1.03 bits per heavy atom. The number of unbranched alkanes of at least 4 members (excludes halogenated alkanes) is 10. The van der Waals surface area contributed by atoms with Gasteiger partial charge in [0.15, 0.2) is 6.61 Å². The Morgan fingerprint density at radius 3 is 1.48 bits per heavy atom. The Bertz CT molecular complexity index is 551. The largest absolute Gasteiger partial charge is 0.466 e. The molecule has 4 nitrogen and oxygen atoms in total. The maximum Gasteiger partial charge on any atom is 0.460 e. The van der Waals surface area contributed by atoms with Crippen LogP contribution in [-0.2, 0) is 19.1 Å². The summed E-state index contributed by atoms with van der Waals surface area (Å²) in [5, 5.41) is 0. The maximum atomic E-state index is 13.0. The highest BCUT2D eigenvalue weighted by Crippen LogP contribution is 2.46. The van der Waals surface area contributed by atoms with Crippen LogP contribution in [0.25, 0.3) is 0 Å². The van der Waals surface area contributed by atoms with E-state index in [1.807, 2.05) is 0 Å². The van der Waals surface area contributed by atoms with Crippen LogP contribution in [0.2, 0.25) is 0 Å². The smallest absolute Gasteiger partial charge is 0.460 e. The van der Waals surface area contributed by atoms with Crippen LogP contribution < -0.4 is 0 Å². The van der Waals surface area contributed by atoms with Gasteiger partial charge in [0.25, 0.3) is 0 Å². The SMILES string of the molecule is CCCCCCCCCCCCCOC(=O)CCCC(=O)OCC(F)(F)C(F)(F)C(F)(F)F. The third kappa shape index (κ3) is 13.7. The van der Waals surface area contributed by atoms with Crippen molar-refractivity contribution in [2.45, 2.75) is 115 Å². The van der Waals surface area contributed by atoms with Gasteiger partial charge in [-0.3, -0.25) is 9.59 Å². The van der Waals surface area contributed by atoms with E-state index in [-0.39, 0.29) is 19.4 Å². The quantitative estimate of drug-likeness (QED) is 0.106. The summed E-state index contributed by atoms with van der Waals surface area (Å²) in [5.74, 6) is -14.0. The van der Waals surface area contributed by atoms with Gasteiger partial charge in [-0.15, -0.1) is 0 Å². The van der Waals surface area contributed by atoms with Crippen LogP contribution in [-0.4, -0.2) is 43.2 Å². The minimum absolute atomic E-state index is 0.169. The van der Waals surface area contributed by atoms with Gasteiger partial charge in [-0.1, -0.05) is 71.1 Å². The Morgan fingerprint density at radius 1 is 0.606 bits per heavy atom. The summed E-state index contributed by atoms with van der Waals surface area (Å²) in [4.78, 5) is 22.8. The molecule has 0 aliphatic heterocycles. The molecule has 196 valence electrons. The fourth-order valence-corrected chi connectivity index (χ4v) is 2.94. The molecule has 0 rings (SSSR count). The van der Waals surface area contributed by atoms with Gasteiger partial charge < -0.3 is 9.47 Å². The predicted molar refractivity (Wildman–Crippen MR) is 108 cm³/mol. The number of hydrogen-bond acceptors (Lipinski definition) is 4. The molecule has 33 heavy (non-hydrogen) atoms. The van der Waals surface area contributed by atoms with Crippen LogP contribution in [0.5, 0.6) is 0 Å². The number of hydrogen-bond donors (Lipinski definition) is 0. The topological polar surface area (TPSA) is 52.6 Å². The van der Waals surface area contributed by atoms with Crippen LogP contribution in [0, 0.1) is 0 Å². The molecule has 0 aromatic rings. The lowest BCUT2D eigenvalue weighted by atomic mass is 10.1. The van der Waals surface area contributed by atoms with Gasteiger partial charge in [-0.05, 0) is 12.8 Å².